The van der Waals surface area contributed by atoms with Crippen molar-refractivity contribution in [1.82, 2.24) is 14.3 Å². The molecular weight excluding hydrogens is 472 g/mol. The van der Waals surface area contributed by atoms with Gasteiger partial charge >= 0.3 is 0 Å². The second-order valence-electron chi connectivity index (χ2n) is 8.14. The first-order chi connectivity index (χ1) is 16.4. The molecule has 0 spiro atoms. The van der Waals surface area contributed by atoms with Gasteiger partial charge in [-0.15, -0.1) is 11.3 Å². The summed E-state index contributed by atoms with van der Waals surface area (Å²) in [4.78, 5) is 21.0. The summed E-state index contributed by atoms with van der Waals surface area (Å²) in [5, 5.41) is 6.20. The van der Waals surface area contributed by atoms with Gasteiger partial charge in [0.15, 0.2) is 5.13 Å². The monoisotopic (exact) mass is 496 g/mol. The standard InChI is InChI=1S/C24H24N4O4S2/c1-15-22(17-7-3-4-8-18(17)25-15)19-14-33-24(26-19)27-23(29)16-9-10-20(32-2)21(13-16)34(30,31)28-11-5-6-12-28/h3-4,7-10,13-14,25H,5-6,11-12H2,1-2H3,(H,26,27,29). The van der Waals surface area contributed by atoms with E-state index in [4.69, 9.17) is 4.74 Å². The average molecular weight is 497 g/mol. The smallest absolute Gasteiger partial charge is 0.257 e. The van der Waals surface area contributed by atoms with Crippen LogP contribution in [0.4, 0.5) is 5.13 Å². The zero-order chi connectivity index (χ0) is 23.9. The third kappa shape index (κ3) is 3.97. The lowest BCUT2D eigenvalue weighted by molar-refractivity contribution is 0.102. The molecule has 2 N–H and O–H groups in total. The van der Waals surface area contributed by atoms with Crippen molar-refractivity contribution in [3.05, 3.63) is 59.1 Å². The van der Waals surface area contributed by atoms with E-state index in [1.165, 1.54) is 34.9 Å². The van der Waals surface area contributed by atoms with Crippen molar-refractivity contribution in [1.29, 1.82) is 0 Å². The Labute approximate surface area is 201 Å². The molecule has 0 saturated carbocycles. The maximum Gasteiger partial charge on any atom is 0.257 e. The van der Waals surface area contributed by atoms with Crippen LogP contribution in [0.2, 0.25) is 0 Å². The van der Waals surface area contributed by atoms with E-state index in [0.29, 0.717) is 18.2 Å². The number of anilines is 1. The van der Waals surface area contributed by atoms with E-state index < -0.39 is 15.9 Å². The van der Waals surface area contributed by atoms with Gasteiger partial charge < -0.3 is 9.72 Å². The highest BCUT2D eigenvalue weighted by molar-refractivity contribution is 7.89. The van der Waals surface area contributed by atoms with Gasteiger partial charge in [-0.2, -0.15) is 4.31 Å². The van der Waals surface area contributed by atoms with E-state index in [1.54, 1.807) is 6.07 Å². The van der Waals surface area contributed by atoms with Crippen LogP contribution in [-0.2, 0) is 10.0 Å². The fraction of sp³-hybridized carbons (Fsp3) is 0.250. The predicted octanol–water partition coefficient (Wildman–Crippen LogP) is 4.65. The fourth-order valence-corrected chi connectivity index (χ4v) is 6.70. The molecule has 176 valence electrons. The Morgan fingerprint density at radius 2 is 1.94 bits per heavy atom. The Morgan fingerprint density at radius 3 is 2.71 bits per heavy atom. The molecule has 1 fully saturated rings. The summed E-state index contributed by atoms with van der Waals surface area (Å²) in [6, 6.07) is 12.4. The second-order valence-corrected chi connectivity index (χ2v) is 10.9. The molecule has 5 rings (SSSR count). The summed E-state index contributed by atoms with van der Waals surface area (Å²) in [5.74, 6) is -0.216. The van der Waals surface area contributed by atoms with Crippen molar-refractivity contribution in [2.24, 2.45) is 0 Å². The molecule has 0 unspecified atom stereocenters. The van der Waals surface area contributed by atoms with Crippen molar-refractivity contribution in [3.63, 3.8) is 0 Å². The topological polar surface area (TPSA) is 104 Å². The van der Waals surface area contributed by atoms with Crippen LogP contribution in [0.1, 0.15) is 28.9 Å². The molecule has 1 saturated heterocycles. The first-order valence-corrected chi connectivity index (χ1v) is 13.2. The number of rotatable bonds is 6. The molecule has 2 aromatic heterocycles. The van der Waals surface area contributed by atoms with Crippen molar-refractivity contribution in [2.75, 3.05) is 25.5 Å². The van der Waals surface area contributed by atoms with Crippen LogP contribution in [-0.4, -0.2) is 48.8 Å². The van der Waals surface area contributed by atoms with Gasteiger partial charge in [0, 0.05) is 46.2 Å². The van der Waals surface area contributed by atoms with Crippen LogP contribution >= 0.6 is 11.3 Å². The molecule has 3 heterocycles. The zero-order valence-electron chi connectivity index (χ0n) is 18.8. The summed E-state index contributed by atoms with van der Waals surface area (Å²) in [6.07, 6.45) is 1.65. The lowest BCUT2D eigenvalue weighted by atomic mass is 10.1. The Bertz CT molecular complexity index is 1480. The third-order valence-corrected chi connectivity index (χ3v) is 8.66. The van der Waals surface area contributed by atoms with Gasteiger partial charge in [-0.3, -0.25) is 10.1 Å². The molecule has 4 aromatic rings. The Balaban J connectivity index is 1.42. The van der Waals surface area contributed by atoms with Gasteiger partial charge in [0.2, 0.25) is 10.0 Å². The Morgan fingerprint density at radius 1 is 1.18 bits per heavy atom. The van der Waals surface area contributed by atoms with Crippen LogP contribution in [0.3, 0.4) is 0 Å². The number of aromatic nitrogens is 2. The predicted molar refractivity (Wildman–Crippen MR) is 133 cm³/mol. The SMILES string of the molecule is COc1ccc(C(=O)Nc2nc(-c3c(C)[nH]c4ccccc34)cs2)cc1S(=O)(=O)N1CCCC1. The first-order valence-electron chi connectivity index (χ1n) is 10.9. The number of sulfonamides is 1. The number of hydrogen-bond donors (Lipinski definition) is 2. The minimum atomic E-state index is -3.75. The van der Waals surface area contributed by atoms with Gasteiger partial charge in [0.25, 0.3) is 5.91 Å². The lowest BCUT2D eigenvalue weighted by Gasteiger charge is -2.18. The number of aromatic amines is 1. The van der Waals surface area contributed by atoms with Gasteiger partial charge in [0.1, 0.15) is 10.6 Å². The normalized spacial score (nSPS) is 14.5. The maximum atomic E-state index is 13.1. The van der Waals surface area contributed by atoms with E-state index >= 15 is 0 Å². The summed E-state index contributed by atoms with van der Waals surface area (Å²) >= 11 is 1.32. The number of carbonyl (C=O) groups excluding carboxylic acids is 1. The van der Waals surface area contributed by atoms with Gasteiger partial charge in [-0.05, 0) is 44.0 Å². The molecule has 1 aliphatic rings. The van der Waals surface area contributed by atoms with Crippen molar-refractivity contribution in [3.8, 4) is 17.0 Å². The number of thiazole rings is 1. The number of nitrogens with zero attached hydrogens (tertiary/aromatic N) is 2. The average Bonchev–Trinajstić information content (AvgIpc) is 3.58. The van der Waals surface area contributed by atoms with E-state index in [2.05, 4.69) is 15.3 Å². The third-order valence-electron chi connectivity index (χ3n) is 5.98. The molecule has 0 atom stereocenters. The Kier molecular flexibility index (Phi) is 5.88. The molecule has 0 aliphatic carbocycles. The number of ether oxygens (including phenoxy) is 1. The van der Waals surface area contributed by atoms with Crippen molar-refractivity contribution >= 4 is 43.3 Å². The van der Waals surface area contributed by atoms with E-state index in [1.807, 2.05) is 36.6 Å². The summed E-state index contributed by atoms with van der Waals surface area (Å²) in [6.45, 7) is 2.93. The lowest BCUT2D eigenvalue weighted by Crippen LogP contribution is -2.28. The molecular formula is C24H24N4O4S2. The molecule has 0 bridgehead atoms. The van der Waals surface area contributed by atoms with Crippen molar-refractivity contribution < 1.29 is 17.9 Å². The molecule has 1 aliphatic heterocycles. The fourth-order valence-electron chi connectivity index (χ4n) is 4.31. The first kappa shape index (κ1) is 22.6. The molecule has 1 amide bonds. The summed E-state index contributed by atoms with van der Waals surface area (Å²) in [5.41, 5.74) is 4.01. The van der Waals surface area contributed by atoms with Crippen LogP contribution in [0.5, 0.6) is 5.75 Å². The Hall–Kier alpha value is -3.21. The number of methoxy groups -OCH3 is 1. The number of benzene rings is 2. The zero-order valence-corrected chi connectivity index (χ0v) is 20.4. The largest absolute Gasteiger partial charge is 0.495 e. The van der Waals surface area contributed by atoms with Gasteiger partial charge in [-0.25, -0.2) is 13.4 Å². The van der Waals surface area contributed by atoms with E-state index in [-0.39, 0.29) is 16.2 Å². The minimum absolute atomic E-state index is 0.00112. The summed E-state index contributed by atoms with van der Waals surface area (Å²) in [7, 11) is -2.33. The molecule has 8 nitrogen and oxygen atoms in total. The molecule has 0 radical (unpaired) electrons. The molecule has 34 heavy (non-hydrogen) atoms. The van der Waals surface area contributed by atoms with Crippen LogP contribution in [0.25, 0.3) is 22.2 Å². The summed E-state index contributed by atoms with van der Waals surface area (Å²) < 4.78 is 33.0. The van der Waals surface area contributed by atoms with Gasteiger partial charge in [0.05, 0.1) is 12.8 Å². The van der Waals surface area contributed by atoms with Crippen LogP contribution in [0, 0.1) is 6.92 Å². The van der Waals surface area contributed by atoms with E-state index in [9.17, 15) is 13.2 Å². The van der Waals surface area contributed by atoms with Crippen molar-refractivity contribution in [2.45, 2.75) is 24.7 Å². The number of amides is 1. The van der Waals surface area contributed by atoms with Gasteiger partial charge in [-0.1, -0.05) is 18.2 Å². The minimum Gasteiger partial charge on any atom is -0.495 e. The number of fused-ring (bicyclic) bond motifs is 1. The number of aryl methyl sites for hydroxylation is 1. The van der Waals surface area contributed by atoms with Crippen LogP contribution < -0.4 is 10.1 Å². The highest BCUT2D eigenvalue weighted by Gasteiger charge is 2.30. The number of hydrogen-bond acceptors (Lipinski definition) is 6. The molecule has 2 aromatic carbocycles. The number of carbonyl (C=O) groups is 1. The number of H-pyrrole nitrogens is 1. The van der Waals surface area contributed by atoms with Crippen LogP contribution in [0.15, 0.2) is 52.7 Å². The quantitative estimate of drug-likeness (QED) is 0.405. The second kappa shape index (κ2) is 8.86. The number of nitrogens with one attached hydrogen (secondary N) is 2. The molecule has 10 heteroatoms. The van der Waals surface area contributed by atoms with E-state index in [0.717, 1.165) is 40.7 Å². The highest BCUT2D eigenvalue weighted by Crippen LogP contribution is 2.34. The highest BCUT2D eigenvalue weighted by atomic mass is 32.2. The maximum absolute atomic E-state index is 13.1. The number of para-hydroxylation sites is 1.